The number of sulfonamides is 1. The maximum atomic E-state index is 13.1. The Bertz CT molecular complexity index is 1120. The molecular formula is C23H22Br2N2O3S. The number of nitrogens with one attached hydrogen (secondary N) is 2. The molecule has 0 aliphatic heterocycles. The number of carbonyl (C=O) groups excluding carboxylic acids is 1. The average Bonchev–Trinajstić information content (AvgIpc) is 2.74. The Kier molecular flexibility index (Phi) is 8.05. The maximum absolute atomic E-state index is 13.1. The molecule has 0 saturated carbocycles. The van der Waals surface area contributed by atoms with Crippen molar-refractivity contribution in [1.82, 2.24) is 10.0 Å². The first-order chi connectivity index (χ1) is 14.7. The van der Waals surface area contributed by atoms with E-state index in [4.69, 9.17) is 0 Å². The van der Waals surface area contributed by atoms with Gasteiger partial charge in [0.1, 0.15) is 6.04 Å². The van der Waals surface area contributed by atoms with E-state index < -0.39 is 16.1 Å². The number of hydrogen-bond donors (Lipinski definition) is 2. The SMILES string of the molecule is C[C@@H](NC(=O)[C@@H](Cc1ccccc1)NS(=O)(=O)c1ccc(Br)cc1)c1ccc(Br)cc1. The van der Waals surface area contributed by atoms with E-state index in [1.807, 2.05) is 61.5 Å². The Morgan fingerprint density at radius 1 is 0.871 bits per heavy atom. The molecule has 2 N–H and O–H groups in total. The molecule has 1 amide bonds. The van der Waals surface area contributed by atoms with Crippen LogP contribution in [0.2, 0.25) is 0 Å². The molecule has 0 saturated heterocycles. The molecule has 0 fully saturated rings. The number of benzene rings is 3. The minimum absolute atomic E-state index is 0.0996. The van der Waals surface area contributed by atoms with Crippen LogP contribution >= 0.6 is 31.9 Å². The second kappa shape index (κ2) is 10.5. The third-order valence-electron chi connectivity index (χ3n) is 4.75. The molecule has 31 heavy (non-hydrogen) atoms. The highest BCUT2D eigenvalue weighted by Gasteiger charge is 2.27. The fraction of sp³-hybridized carbons (Fsp3) is 0.174. The van der Waals surface area contributed by atoms with Gasteiger partial charge in [-0.15, -0.1) is 0 Å². The van der Waals surface area contributed by atoms with E-state index in [1.165, 1.54) is 12.1 Å². The molecule has 3 rings (SSSR count). The average molecular weight is 566 g/mol. The van der Waals surface area contributed by atoms with Gasteiger partial charge in [-0.3, -0.25) is 4.79 Å². The molecule has 0 aromatic heterocycles. The van der Waals surface area contributed by atoms with Gasteiger partial charge in [0.05, 0.1) is 10.9 Å². The second-order valence-corrected chi connectivity index (χ2v) is 10.6. The minimum atomic E-state index is -3.89. The maximum Gasteiger partial charge on any atom is 0.241 e. The predicted octanol–water partition coefficient (Wildman–Crippen LogP) is 4.98. The third-order valence-corrected chi connectivity index (χ3v) is 7.29. The van der Waals surface area contributed by atoms with Gasteiger partial charge in [0.15, 0.2) is 0 Å². The molecular weight excluding hydrogens is 544 g/mol. The van der Waals surface area contributed by atoms with Gasteiger partial charge in [-0.2, -0.15) is 4.72 Å². The van der Waals surface area contributed by atoms with Crippen LogP contribution in [-0.4, -0.2) is 20.4 Å². The fourth-order valence-corrected chi connectivity index (χ4v) is 4.78. The Hall–Kier alpha value is -2.00. The van der Waals surface area contributed by atoms with Gasteiger partial charge >= 0.3 is 0 Å². The quantitative estimate of drug-likeness (QED) is 0.404. The van der Waals surface area contributed by atoms with Crippen molar-refractivity contribution in [3.8, 4) is 0 Å². The predicted molar refractivity (Wildman–Crippen MR) is 129 cm³/mol. The topological polar surface area (TPSA) is 75.3 Å². The summed E-state index contributed by atoms with van der Waals surface area (Å²) in [6.45, 7) is 1.87. The van der Waals surface area contributed by atoms with Gasteiger partial charge < -0.3 is 5.32 Å². The molecule has 0 unspecified atom stereocenters. The Labute approximate surface area is 199 Å². The highest BCUT2D eigenvalue weighted by Crippen LogP contribution is 2.18. The highest BCUT2D eigenvalue weighted by molar-refractivity contribution is 9.10. The van der Waals surface area contributed by atoms with Gasteiger partial charge in [-0.25, -0.2) is 8.42 Å². The monoisotopic (exact) mass is 564 g/mol. The van der Waals surface area contributed by atoms with Crippen molar-refractivity contribution in [3.05, 3.63) is 98.9 Å². The molecule has 162 valence electrons. The van der Waals surface area contributed by atoms with E-state index >= 15 is 0 Å². The van der Waals surface area contributed by atoms with Gasteiger partial charge in [-0.05, 0) is 60.9 Å². The van der Waals surface area contributed by atoms with Crippen LogP contribution in [0.5, 0.6) is 0 Å². The summed E-state index contributed by atoms with van der Waals surface area (Å²) in [4.78, 5) is 13.2. The van der Waals surface area contributed by atoms with Crippen LogP contribution < -0.4 is 10.0 Å². The highest BCUT2D eigenvalue weighted by atomic mass is 79.9. The standard InChI is InChI=1S/C23H22Br2N2O3S/c1-16(18-7-9-19(24)10-8-18)26-23(28)22(15-17-5-3-2-4-6-17)27-31(29,30)21-13-11-20(25)12-14-21/h2-14,16,22,27H,15H2,1H3,(H,26,28)/t16-,22-/m1/s1. The lowest BCUT2D eigenvalue weighted by Crippen LogP contribution is -2.48. The number of carbonyl (C=O) groups is 1. The van der Waals surface area contributed by atoms with Crippen LogP contribution in [0.3, 0.4) is 0 Å². The molecule has 0 aliphatic rings. The van der Waals surface area contributed by atoms with Crippen molar-refractivity contribution in [3.63, 3.8) is 0 Å². The molecule has 2 atom stereocenters. The van der Waals surface area contributed by atoms with Gasteiger partial charge in [0.2, 0.25) is 15.9 Å². The lowest BCUT2D eigenvalue weighted by molar-refractivity contribution is -0.123. The van der Waals surface area contributed by atoms with Crippen LogP contribution in [0.1, 0.15) is 24.1 Å². The Morgan fingerprint density at radius 3 is 2.00 bits per heavy atom. The van der Waals surface area contributed by atoms with Crippen LogP contribution in [0.25, 0.3) is 0 Å². The lowest BCUT2D eigenvalue weighted by atomic mass is 10.0. The van der Waals surface area contributed by atoms with Crippen molar-refractivity contribution >= 4 is 47.8 Å². The zero-order valence-corrected chi connectivity index (χ0v) is 20.7. The van der Waals surface area contributed by atoms with Crippen LogP contribution in [-0.2, 0) is 21.2 Å². The van der Waals surface area contributed by atoms with E-state index in [-0.39, 0.29) is 23.3 Å². The van der Waals surface area contributed by atoms with Crippen molar-refractivity contribution in [2.24, 2.45) is 0 Å². The summed E-state index contributed by atoms with van der Waals surface area (Å²) < 4.78 is 30.2. The summed E-state index contributed by atoms with van der Waals surface area (Å²) in [6, 6.07) is 22.0. The van der Waals surface area contributed by atoms with E-state index in [2.05, 4.69) is 41.9 Å². The number of halogens is 2. The summed E-state index contributed by atoms with van der Waals surface area (Å²) in [5.41, 5.74) is 1.78. The largest absolute Gasteiger partial charge is 0.348 e. The van der Waals surface area contributed by atoms with E-state index in [0.717, 1.165) is 20.1 Å². The number of hydrogen-bond acceptors (Lipinski definition) is 3. The van der Waals surface area contributed by atoms with Gasteiger partial charge in [0.25, 0.3) is 0 Å². The first-order valence-corrected chi connectivity index (χ1v) is 12.7. The van der Waals surface area contributed by atoms with Crippen molar-refractivity contribution in [2.75, 3.05) is 0 Å². The normalized spacial score (nSPS) is 13.4. The van der Waals surface area contributed by atoms with E-state index in [1.54, 1.807) is 12.1 Å². The minimum Gasteiger partial charge on any atom is -0.348 e. The third kappa shape index (κ3) is 6.74. The van der Waals surface area contributed by atoms with Crippen LogP contribution in [0.4, 0.5) is 0 Å². The molecule has 0 bridgehead atoms. The zero-order chi connectivity index (χ0) is 22.4. The van der Waals surface area contributed by atoms with Gasteiger partial charge in [0, 0.05) is 8.95 Å². The lowest BCUT2D eigenvalue weighted by Gasteiger charge is -2.22. The Balaban J connectivity index is 1.82. The smallest absolute Gasteiger partial charge is 0.241 e. The molecule has 0 aliphatic carbocycles. The van der Waals surface area contributed by atoms with Crippen LogP contribution in [0.15, 0.2) is 92.7 Å². The van der Waals surface area contributed by atoms with Crippen LogP contribution in [0, 0.1) is 0 Å². The summed E-state index contributed by atoms with van der Waals surface area (Å²) in [6.07, 6.45) is 0.232. The first-order valence-electron chi connectivity index (χ1n) is 9.62. The molecule has 0 heterocycles. The molecule has 3 aromatic carbocycles. The van der Waals surface area contributed by atoms with E-state index in [0.29, 0.717) is 0 Å². The first kappa shape index (κ1) is 23.7. The number of rotatable bonds is 8. The molecule has 0 spiro atoms. The molecule has 3 aromatic rings. The van der Waals surface area contributed by atoms with Gasteiger partial charge in [-0.1, -0.05) is 74.3 Å². The number of amides is 1. The summed E-state index contributed by atoms with van der Waals surface area (Å²) in [5, 5.41) is 2.93. The second-order valence-electron chi connectivity index (χ2n) is 7.10. The molecule has 8 heteroatoms. The van der Waals surface area contributed by atoms with Crippen molar-refractivity contribution in [1.29, 1.82) is 0 Å². The van der Waals surface area contributed by atoms with Crippen molar-refractivity contribution < 1.29 is 13.2 Å². The zero-order valence-electron chi connectivity index (χ0n) is 16.8. The molecule has 0 radical (unpaired) electrons. The summed E-state index contributed by atoms with van der Waals surface area (Å²) in [5.74, 6) is -0.389. The molecule has 5 nitrogen and oxygen atoms in total. The summed E-state index contributed by atoms with van der Waals surface area (Å²) in [7, 11) is -3.89. The fourth-order valence-electron chi connectivity index (χ4n) is 3.06. The van der Waals surface area contributed by atoms with Crippen molar-refractivity contribution in [2.45, 2.75) is 30.3 Å². The van der Waals surface area contributed by atoms with E-state index in [9.17, 15) is 13.2 Å². The Morgan fingerprint density at radius 2 is 1.42 bits per heavy atom. The summed E-state index contributed by atoms with van der Waals surface area (Å²) >= 11 is 6.70.